The molecule has 1 saturated heterocycles. The second kappa shape index (κ2) is 9.22. The number of rotatable bonds is 9. The van der Waals surface area contributed by atoms with Crippen LogP contribution in [0, 0.1) is 0 Å². The molecule has 1 unspecified atom stereocenters. The summed E-state index contributed by atoms with van der Waals surface area (Å²) in [7, 11) is 0. The highest BCUT2D eigenvalue weighted by atomic mass is 16.2. The van der Waals surface area contributed by atoms with Gasteiger partial charge >= 0.3 is 6.03 Å². The molecule has 1 aliphatic heterocycles. The van der Waals surface area contributed by atoms with Gasteiger partial charge in [-0.25, -0.2) is 4.79 Å². The van der Waals surface area contributed by atoms with Gasteiger partial charge in [-0.05, 0) is 11.1 Å². The number of imide groups is 1. The SMILES string of the molecule is C=CCN(CC=C)C(=O)CN1C(=O)NC(Cc2ccccc2)(c2ccccc2)C1=O. The Balaban J connectivity index is 1.93. The average molecular weight is 403 g/mol. The Morgan fingerprint density at radius 1 is 0.967 bits per heavy atom. The number of carbonyl (C=O) groups excluding carboxylic acids is 3. The summed E-state index contributed by atoms with van der Waals surface area (Å²) in [5, 5.41) is 2.87. The lowest BCUT2D eigenvalue weighted by Crippen LogP contribution is -2.47. The monoisotopic (exact) mass is 403 g/mol. The molecule has 0 bridgehead atoms. The molecule has 0 radical (unpaired) electrons. The second-order valence-corrected chi connectivity index (χ2v) is 7.13. The number of nitrogens with one attached hydrogen (secondary N) is 1. The van der Waals surface area contributed by atoms with Crippen LogP contribution >= 0.6 is 0 Å². The zero-order chi connectivity index (χ0) is 21.6. The summed E-state index contributed by atoms with van der Waals surface area (Å²) in [5.74, 6) is -0.782. The van der Waals surface area contributed by atoms with E-state index in [2.05, 4.69) is 18.5 Å². The van der Waals surface area contributed by atoms with Crippen LogP contribution in [0.1, 0.15) is 11.1 Å². The van der Waals surface area contributed by atoms with Gasteiger partial charge in [0.15, 0.2) is 5.54 Å². The zero-order valence-electron chi connectivity index (χ0n) is 16.8. The second-order valence-electron chi connectivity index (χ2n) is 7.13. The normalized spacial score (nSPS) is 18.1. The zero-order valence-corrected chi connectivity index (χ0v) is 16.8. The molecule has 2 aromatic carbocycles. The third-order valence-corrected chi connectivity index (χ3v) is 5.10. The van der Waals surface area contributed by atoms with Gasteiger partial charge in [0.2, 0.25) is 5.91 Å². The van der Waals surface area contributed by atoms with Gasteiger partial charge in [-0.1, -0.05) is 72.8 Å². The molecule has 2 aromatic rings. The van der Waals surface area contributed by atoms with Crippen molar-refractivity contribution in [2.24, 2.45) is 0 Å². The highest BCUT2D eigenvalue weighted by Gasteiger charge is 2.52. The van der Waals surface area contributed by atoms with E-state index < -0.39 is 17.5 Å². The fraction of sp³-hybridized carbons (Fsp3) is 0.208. The topological polar surface area (TPSA) is 69.7 Å². The van der Waals surface area contributed by atoms with E-state index in [1.54, 1.807) is 12.2 Å². The van der Waals surface area contributed by atoms with Crippen molar-refractivity contribution < 1.29 is 14.4 Å². The molecule has 1 N–H and O–H groups in total. The Bertz CT molecular complexity index is 933. The number of carbonyl (C=O) groups is 3. The molecular weight excluding hydrogens is 378 g/mol. The van der Waals surface area contributed by atoms with Crippen molar-refractivity contribution in [3.05, 3.63) is 97.1 Å². The summed E-state index contributed by atoms with van der Waals surface area (Å²) < 4.78 is 0. The molecule has 0 spiro atoms. The minimum atomic E-state index is -1.26. The molecule has 1 fully saturated rings. The van der Waals surface area contributed by atoms with Gasteiger partial charge in [0.25, 0.3) is 5.91 Å². The summed E-state index contributed by atoms with van der Waals surface area (Å²) in [4.78, 5) is 41.6. The standard InChI is InChI=1S/C24H25N3O3/c1-3-15-26(16-4-2)21(28)18-27-22(29)24(25-23(27)30,20-13-9-6-10-14-20)17-19-11-7-5-8-12-19/h3-14H,1-2,15-18H2,(H,25,30). The van der Waals surface area contributed by atoms with Gasteiger partial charge in [0.05, 0.1) is 0 Å². The van der Waals surface area contributed by atoms with Gasteiger partial charge in [0, 0.05) is 19.5 Å². The van der Waals surface area contributed by atoms with Crippen LogP contribution in [0.15, 0.2) is 86.0 Å². The smallest absolute Gasteiger partial charge is 0.325 e. The molecule has 1 heterocycles. The molecule has 4 amide bonds. The predicted octanol–water partition coefficient (Wildman–Crippen LogP) is 2.88. The number of hydrogen-bond acceptors (Lipinski definition) is 3. The van der Waals surface area contributed by atoms with E-state index in [4.69, 9.17) is 0 Å². The van der Waals surface area contributed by atoms with E-state index in [1.165, 1.54) is 4.90 Å². The Morgan fingerprint density at radius 3 is 2.10 bits per heavy atom. The maximum atomic E-state index is 13.5. The maximum Gasteiger partial charge on any atom is 0.325 e. The lowest BCUT2D eigenvalue weighted by molar-refractivity contribution is -0.138. The first-order valence-electron chi connectivity index (χ1n) is 9.75. The van der Waals surface area contributed by atoms with Crippen molar-refractivity contribution in [3.8, 4) is 0 Å². The van der Waals surface area contributed by atoms with Crippen molar-refractivity contribution in [3.63, 3.8) is 0 Å². The summed E-state index contributed by atoms with van der Waals surface area (Å²) in [5.41, 5.74) is 0.320. The van der Waals surface area contributed by atoms with Crippen LogP contribution in [0.2, 0.25) is 0 Å². The van der Waals surface area contributed by atoms with Crippen LogP contribution in [0.4, 0.5) is 4.79 Å². The van der Waals surface area contributed by atoms with Gasteiger partial charge in [-0.15, -0.1) is 13.2 Å². The lowest BCUT2D eigenvalue weighted by atomic mass is 9.83. The molecule has 154 valence electrons. The van der Waals surface area contributed by atoms with Crippen LogP contribution < -0.4 is 5.32 Å². The minimum absolute atomic E-state index is 0.288. The summed E-state index contributed by atoms with van der Waals surface area (Å²) in [6.45, 7) is 7.58. The molecule has 30 heavy (non-hydrogen) atoms. The third kappa shape index (κ3) is 4.17. The molecule has 0 aliphatic carbocycles. The number of benzene rings is 2. The van der Waals surface area contributed by atoms with E-state index in [0.717, 1.165) is 10.5 Å². The molecule has 0 saturated carbocycles. The molecule has 0 aromatic heterocycles. The number of hydrogen-bond donors (Lipinski definition) is 1. The van der Waals surface area contributed by atoms with E-state index in [9.17, 15) is 14.4 Å². The van der Waals surface area contributed by atoms with E-state index in [1.807, 2.05) is 60.7 Å². The van der Waals surface area contributed by atoms with E-state index in [0.29, 0.717) is 18.7 Å². The predicted molar refractivity (Wildman–Crippen MR) is 115 cm³/mol. The van der Waals surface area contributed by atoms with Crippen LogP contribution in [0.25, 0.3) is 0 Å². The first kappa shape index (κ1) is 21.0. The third-order valence-electron chi connectivity index (χ3n) is 5.10. The van der Waals surface area contributed by atoms with Crippen molar-refractivity contribution in [2.75, 3.05) is 19.6 Å². The van der Waals surface area contributed by atoms with Crippen molar-refractivity contribution in [1.29, 1.82) is 0 Å². The highest BCUT2D eigenvalue weighted by Crippen LogP contribution is 2.33. The minimum Gasteiger partial charge on any atom is -0.334 e. The highest BCUT2D eigenvalue weighted by molar-refractivity contribution is 6.09. The Morgan fingerprint density at radius 2 is 1.53 bits per heavy atom. The molecule has 6 heteroatoms. The van der Waals surface area contributed by atoms with Gasteiger partial charge in [0.1, 0.15) is 6.54 Å². The van der Waals surface area contributed by atoms with E-state index >= 15 is 0 Å². The van der Waals surface area contributed by atoms with E-state index in [-0.39, 0.29) is 18.9 Å². The number of amides is 4. The number of nitrogens with zero attached hydrogens (tertiary/aromatic N) is 2. The van der Waals surface area contributed by atoms with Crippen LogP contribution in [-0.4, -0.2) is 47.3 Å². The molecular formula is C24H25N3O3. The largest absolute Gasteiger partial charge is 0.334 e. The molecule has 1 aliphatic rings. The maximum absolute atomic E-state index is 13.5. The molecule has 6 nitrogen and oxygen atoms in total. The van der Waals surface area contributed by atoms with Crippen LogP contribution in [-0.2, 0) is 21.5 Å². The fourth-order valence-electron chi connectivity index (χ4n) is 3.64. The lowest BCUT2D eigenvalue weighted by Gasteiger charge is -2.28. The van der Waals surface area contributed by atoms with Crippen molar-refractivity contribution >= 4 is 17.8 Å². The Kier molecular flexibility index (Phi) is 6.47. The first-order chi connectivity index (χ1) is 14.5. The van der Waals surface area contributed by atoms with Crippen molar-refractivity contribution in [2.45, 2.75) is 12.0 Å². The Labute approximate surface area is 176 Å². The Hall–Kier alpha value is -3.67. The number of urea groups is 1. The summed E-state index contributed by atoms with van der Waals surface area (Å²) >= 11 is 0. The average Bonchev–Trinajstić information content (AvgIpc) is 3.00. The van der Waals surface area contributed by atoms with Crippen LogP contribution in [0.5, 0.6) is 0 Å². The summed E-state index contributed by atoms with van der Waals surface area (Å²) in [6, 6.07) is 18.0. The van der Waals surface area contributed by atoms with Crippen LogP contribution in [0.3, 0.4) is 0 Å². The van der Waals surface area contributed by atoms with Gasteiger partial charge < -0.3 is 10.2 Å². The first-order valence-corrected chi connectivity index (χ1v) is 9.75. The fourth-order valence-corrected chi connectivity index (χ4v) is 3.64. The quantitative estimate of drug-likeness (QED) is 0.517. The van der Waals surface area contributed by atoms with Gasteiger partial charge in [-0.2, -0.15) is 0 Å². The van der Waals surface area contributed by atoms with Gasteiger partial charge in [-0.3, -0.25) is 14.5 Å². The molecule has 1 atom stereocenters. The molecule has 3 rings (SSSR count). The van der Waals surface area contributed by atoms with Crippen molar-refractivity contribution in [1.82, 2.24) is 15.1 Å². The summed E-state index contributed by atoms with van der Waals surface area (Å²) in [6.07, 6.45) is 3.48.